The Hall–Kier alpha value is -2.34. The molecular formula is C19H26N4O2. The summed E-state index contributed by atoms with van der Waals surface area (Å²) in [6, 6.07) is 9.65. The van der Waals surface area contributed by atoms with Gasteiger partial charge < -0.3 is 15.7 Å². The Balaban J connectivity index is 1.56. The highest BCUT2D eigenvalue weighted by molar-refractivity contribution is 5.74. The first-order valence-electron chi connectivity index (χ1n) is 8.95. The Kier molecular flexibility index (Phi) is 5.71. The number of carbonyl (C=O) groups excluding carboxylic acids is 1. The van der Waals surface area contributed by atoms with Gasteiger partial charge in [-0.3, -0.25) is 0 Å². The van der Waals surface area contributed by atoms with Gasteiger partial charge in [0.1, 0.15) is 0 Å². The van der Waals surface area contributed by atoms with Crippen molar-refractivity contribution >= 4 is 6.03 Å². The van der Waals surface area contributed by atoms with Gasteiger partial charge in [0.05, 0.1) is 11.7 Å². The van der Waals surface area contributed by atoms with Crippen LogP contribution >= 0.6 is 0 Å². The predicted molar refractivity (Wildman–Crippen MR) is 96.5 cm³/mol. The molecule has 0 bridgehead atoms. The lowest BCUT2D eigenvalue weighted by molar-refractivity contribution is 0.153. The maximum absolute atomic E-state index is 12.3. The number of nitrogens with one attached hydrogen (secondary N) is 2. The molecule has 6 nitrogen and oxygen atoms in total. The summed E-state index contributed by atoms with van der Waals surface area (Å²) in [5.74, 6) is 0.170. The summed E-state index contributed by atoms with van der Waals surface area (Å²) in [5.41, 5.74) is 2.02. The van der Waals surface area contributed by atoms with Gasteiger partial charge in [0.25, 0.3) is 0 Å². The maximum atomic E-state index is 12.3. The van der Waals surface area contributed by atoms with E-state index in [1.54, 1.807) is 10.9 Å². The standard InChI is InChI=1S/C19H26N4O2/c1-14(15-7-9-17(10-8-15)23-12-4-11-20-23)21-19(25)22-18-6-3-2-5-16(18)13-24/h4,7-12,14,16,18,24H,2-3,5-6,13H2,1H3,(H2,21,22,25). The number of rotatable bonds is 5. The minimum Gasteiger partial charge on any atom is -0.396 e. The lowest BCUT2D eigenvalue weighted by Crippen LogP contribution is -2.48. The highest BCUT2D eigenvalue weighted by Crippen LogP contribution is 2.24. The van der Waals surface area contributed by atoms with Crippen molar-refractivity contribution in [3.8, 4) is 5.69 Å². The van der Waals surface area contributed by atoms with E-state index in [4.69, 9.17) is 0 Å². The molecule has 6 heteroatoms. The number of aliphatic hydroxyl groups is 1. The molecule has 0 radical (unpaired) electrons. The molecule has 3 N–H and O–H groups in total. The fourth-order valence-electron chi connectivity index (χ4n) is 3.44. The smallest absolute Gasteiger partial charge is 0.315 e. The summed E-state index contributed by atoms with van der Waals surface area (Å²) >= 11 is 0. The fraction of sp³-hybridized carbons (Fsp3) is 0.474. The molecule has 2 amide bonds. The van der Waals surface area contributed by atoms with Gasteiger partial charge in [0.15, 0.2) is 0 Å². The summed E-state index contributed by atoms with van der Waals surface area (Å²) in [6.45, 7) is 2.10. The number of aliphatic hydroxyl groups excluding tert-OH is 1. The molecule has 3 atom stereocenters. The molecule has 3 unspecified atom stereocenters. The first kappa shape index (κ1) is 17.5. The van der Waals surface area contributed by atoms with Gasteiger partial charge in [-0.05, 0) is 43.5 Å². The molecule has 0 saturated heterocycles. The SMILES string of the molecule is CC(NC(=O)NC1CCCCC1CO)c1ccc(-n2cccn2)cc1. The predicted octanol–water partition coefficient (Wildman–Crippen LogP) is 2.78. The number of carbonyl (C=O) groups is 1. The molecule has 1 heterocycles. The second-order valence-electron chi connectivity index (χ2n) is 6.72. The summed E-state index contributed by atoms with van der Waals surface area (Å²) < 4.78 is 1.80. The zero-order valence-corrected chi connectivity index (χ0v) is 14.6. The monoisotopic (exact) mass is 342 g/mol. The van der Waals surface area contributed by atoms with Crippen molar-refractivity contribution in [1.29, 1.82) is 0 Å². The molecule has 3 rings (SSSR count). The van der Waals surface area contributed by atoms with Gasteiger partial charge in [0.2, 0.25) is 0 Å². The van der Waals surface area contributed by atoms with E-state index in [1.807, 2.05) is 43.5 Å². The molecule has 134 valence electrons. The topological polar surface area (TPSA) is 79.2 Å². The summed E-state index contributed by atoms with van der Waals surface area (Å²) in [6.07, 6.45) is 7.78. The highest BCUT2D eigenvalue weighted by Gasteiger charge is 2.26. The van der Waals surface area contributed by atoms with Crippen LogP contribution in [0.15, 0.2) is 42.7 Å². The second kappa shape index (κ2) is 8.16. The molecular weight excluding hydrogens is 316 g/mol. The van der Waals surface area contributed by atoms with Gasteiger partial charge in [0, 0.05) is 31.0 Å². The quantitative estimate of drug-likeness (QED) is 0.782. The van der Waals surface area contributed by atoms with Crippen LogP contribution in [0.3, 0.4) is 0 Å². The van der Waals surface area contributed by atoms with Crippen LogP contribution in [0.5, 0.6) is 0 Å². The van der Waals surface area contributed by atoms with Gasteiger partial charge in [-0.2, -0.15) is 5.10 Å². The number of aromatic nitrogens is 2. The van der Waals surface area contributed by atoms with E-state index < -0.39 is 0 Å². The Morgan fingerprint density at radius 3 is 2.76 bits per heavy atom. The average Bonchev–Trinajstić information content (AvgIpc) is 3.17. The van der Waals surface area contributed by atoms with Crippen LogP contribution in [0, 0.1) is 5.92 Å². The molecule has 1 aliphatic carbocycles. The molecule has 1 fully saturated rings. The van der Waals surface area contributed by atoms with E-state index in [-0.39, 0.29) is 30.6 Å². The van der Waals surface area contributed by atoms with Crippen LogP contribution in [0.1, 0.15) is 44.2 Å². The first-order chi connectivity index (χ1) is 12.2. The van der Waals surface area contributed by atoms with Crippen molar-refractivity contribution in [3.05, 3.63) is 48.3 Å². The molecule has 0 aliphatic heterocycles. The average molecular weight is 342 g/mol. The zero-order chi connectivity index (χ0) is 17.6. The lowest BCUT2D eigenvalue weighted by Gasteiger charge is -2.31. The van der Waals surface area contributed by atoms with Crippen LogP contribution in [0.25, 0.3) is 5.69 Å². The second-order valence-corrected chi connectivity index (χ2v) is 6.72. The molecule has 0 spiro atoms. The van der Waals surface area contributed by atoms with Crippen LogP contribution in [0.4, 0.5) is 4.79 Å². The number of urea groups is 1. The van der Waals surface area contributed by atoms with Crippen LogP contribution in [-0.4, -0.2) is 33.6 Å². The first-order valence-corrected chi connectivity index (χ1v) is 8.95. The molecule has 1 aliphatic rings. The molecule has 25 heavy (non-hydrogen) atoms. The van der Waals surface area contributed by atoms with Gasteiger partial charge >= 0.3 is 6.03 Å². The number of hydrogen-bond acceptors (Lipinski definition) is 3. The minimum atomic E-state index is -0.172. The third kappa shape index (κ3) is 4.39. The molecule has 2 aromatic rings. The van der Waals surface area contributed by atoms with Crippen molar-refractivity contribution in [1.82, 2.24) is 20.4 Å². The number of benzene rings is 1. The van der Waals surface area contributed by atoms with Crippen LogP contribution in [-0.2, 0) is 0 Å². The van der Waals surface area contributed by atoms with Crippen molar-refractivity contribution in [3.63, 3.8) is 0 Å². The number of amides is 2. The van der Waals surface area contributed by atoms with Gasteiger partial charge in [-0.15, -0.1) is 0 Å². The largest absolute Gasteiger partial charge is 0.396 e. The fourth-order valence-corrected chi connectivity index (χ4v) is 3.44. The van der Waals surface area contributed by atoms with Crippen LogP contribution < -0.4 is 10.6 Å². The Bertz CT molecular complexity index is 669. The Morgan fingerprint density at radius 2 is 2.08 bits per heavy atom. The van der Waals surface area contributed by atoms with E-state index in [1.165, 1.54) is 0 Å². The summed E-state index contributed by atoms with van der Waals surface area (Å²) in [5, 5.41) is 19.7. The Labute approximate surface area is 148 Å². The van der Waals surface area contributed by atoms with E-state index in [0.29, 0.717) is 0 Å². The lowest BCUT2D eigenvalue weighted by atomic mass is 9.85. The van der Waals surface area contributed by atoms with E-state index in [2.05, 4.69) is 15.7 Å². The van der Waals surface area contributed by atoms with E-state index in [9.17, 15) is 9.90 Å². The molecule has 1 aromatic heterocycles. The minimum absolute atomic E-state index is 0.0631. The van der Waals surface area contributed by atoms with Gasteiger partial charge in [-0.25, -0.2) is 9.48 Å². The molecule has 1 saturated carbocycles. The van der Waals surface area contributed by atoms with E-state index >= 15 is 0 Å². The van der Waals surface area contributed by atoms with Gasteiger partial charge in [-0.1, -0.05) is 25.0 Å². The third-order valence-electron chi connectivity index (χ3n) is 4.97. The number of hydrogen-bond donors (Lipinski definition) is 3. The maximum Gasteiger partial charge on any atom is 0.315 e. The van der Waals surface area contributed by atoms with Crippen molar-refractivity contribution in [2.24, 2.45) is 5.92 Å². The molecule has 1 aromatic carbocycles. The summed E-state index contributed by atoms with van der Waals surface area (Å²) in [7, 11) is 0. The van der Waals surface area contributed by atoms with Crippen LogP contribution in [0.2, 0.25) is 0 Å². The summed E-state index contributed by atoms with van der Waals surface area (Å²) in [4.78, 5) is 12.3. The third-order valence-corrected chi connectivity index (χ3v) is 4.97. The number of nitrogens with zero attached hydrogens (tertiary/aromatic N) is 2. The van der Waals surface area contributed by atoms with Crippen molar-refractivity contribution in [2.75, 3.05) is 6.61 Å². The van der Waals surface area contributed by atoms with Crippen molar-refractivity contribution in [2.45, 2.75) is 44.7 Å². The van der Waals surface area contributed by atoms with E-state index in [0.717, 1.165) is 36.9 Å². The van der Waals surface area contributed by atoms with Crippen molar-refractivity contribution < 1.29 is 9.90 Å². The zero-order valence-electron chi connectivity index (χ0n) is 14.6. The normalized spacial score (nSPS) is 21.5. The Morgan fingerprint density at radius 1 is 1.32 bits per heavy atom. The highest BCUT2D eigenvalue weighted by atomic mass is 16.3.